The summed E-state index contributed by atoms with van der Waals surface area (Å²) in [7, 11) is -24.0. The molecular formula is C12H18B4F16N3-3. The van der Waals surface area contributed by atoms with Gasteiger partial charge in [0.05, 0.1) is 0 Å². The zero-order chi connectivity index (χ0) is 29.1. The van der Waals surface area contributed by atoms with E-state index < -0.39 is 29.0 Å². The Balaban J connectivity index is -0.000000199. The van der Waals surface area contributed by atoms with Crippen LogP contribution in [0.1, 0.15) is 26.7 Å². The van der Waals surface area contributed by atoms with Gasteiger partial charge < -0.3 is 74.0 Å². The zero-order valence-electron chi connectivity index (χ0n) is 17.8. The molecule has 0 saturated carbocycles. The second kappa shape index (κ2) is 18.9. The van der Waals surface area contributed by atoms with Crippen LogP contribution >= 0.6 is 0 Å². The first-order chi connectivity index (χ1) is 15.3. The minimum atomic E-state index is -6.00. The number of nitrogens with zero attached hydrogens (tertiary/aromatic N) is 3. The topological polar surface area (TPSA) is 31.4 Å². The summed E-state index contributed by atoms with van der Waals surface area (Å²) in [5.41, 5.74) is 1.80. The number of halogens is 16. The SMILES string of the molecule is CCCN(CCC)c1ccc([N+]#N)cc1.F[B-](F)(F)F.F[B-](F)(F)F.F[B-](F)(F)F.F[B-](F)(F)F. The van der Waals surface area contributed by atoms with E-state index in [4.69, 9.17) is 5.39 Å². The van der Waals surface area contributed by atoms with Crippen molar-refractivity contribution >= 4 is 40.4 Å². The molecule has 3 nitrogen and oxygen atoms in total. The second-order valence-electron chi connectivity index (χ2n) is 5.58. The van der Waals surface area contributed by atoms with Crippen molar-refractivity contribution in [2.75, 3.05) is 18.0 Å². The fourth-order valence-corrected chi connectivity index (χ4v) is 1.64. The molecule has 208 valence electrons. The van der Waals surface area contributed by atoms with Gasteiger partial charge in [-0.1, -0.05) is 13.8 Å². The molecule has 23 heteroatoms. The fourth-order valence-electron chi connectivity index (χ4n) is 1.64. The van der Waals surface area contributed by atoms with E-state index in [9.17, 15) is 69.1 Å². The van der Waals surface area contributed by atoms with Gasteiger partial charge in [-0.3, -0.25) is 0 Å². The molecule has 1 rings (SSSR count). The van der Waals surface area contributed by atoms with Crippen LogP contribution in [0.5, 0.6) is 0 Å². The minimum absolute atomic E-state index is 0.603. The number of anilines is 1. The van der Waals surface area contributed by atoms with Gasteiger partial charge >= 0.3 is 34.7 Å². The third kappa shape index (κ3) is 72.1. The largest absolute Gasteiger partial charge is 0.673 e. The van der Waals surface area contributed by atoms with E-state index in [0.29, 0.717) is 5.69 Å². The third-order valence-electron chi connectivity index (χ3n) is 2.32. The molecule has 0 bridgehead atoms. The smallest absolute Gasteiger partial charge is 0.418 e. The predicted molar refractivity (Wildman–Crippen MR) is 105 cm³/mol. The summed E-state index contributed by atoms with van der Waals surface area (Å²) in [5, 5.41) is 8.59. The molecule has 0 amide bonds. The molecule has 0 aliphatic rings. The Morgan fingerprint density at radius 3 is 0.971 bits per heavy atom. The van der Waals surface area contributed by atoms with E-state index in [-0.39, 0.29) is 0 Å². The van der Waals surface area contributed by atoms with E-state index in [1.807, 2.05) is 24.3 Å². The Kier molecular flexibility index (Phi) is 21.4. The summed E-state index contributed by atoms with van der Waals surface area (Å²) in [4.78, 5) is 5.49. The van der Waals surface area contributed by atoms with Crippen LogP contribution in [0.4, 0.5) is 80.4 Å². The quantitative estimate of drug-likeness (QED) is 0.208. The zero-order valence-corrected chi connectivity index (χ0v) is 17.8. The van der Waals surface area contributed by atoms with E-state index >= 15 is 0 Å². The Labute approximate surface area is 189 Å². The van der Waals surface area contributed by atoms with Crippen molar-refractivity contribution in [3.63, 3.8) is 0 Å². The Morgan fingerprint density at radius 1 is 0.571 bits per heavy atom. The molecule has 1 aromatic carbocycles. The number of benzene rings is 1. The van der Waals surface area contributed by atoms with Crippen molar-refractivity contribution in [1.29, 1.82) is 5.39 Å². The maximum Gasteiger partial charge on any atom is 0.673 e. The van der Waals surface area contributed by atoms with Crippen molar-refractivity contribution in [3.8, 4) is 0 Å². The van der Waals surface area contributed by atoms with Crippen LogP contribution in [0, 0.1) is 5.39 Å². The average Bonchev–Trinajstić information content (AvgIpc) is 2.56. The standard InChI is InChI=1S/C12H18N3.4BF4/c1-3-9-15(10-4-2)12-7-5-11(14-13)6-8-12;4*2-1(3,4)5/h5-8H,3-4,9-10H2,1-2H3;;;;/q+1;4*-1. The molecule has 0 atom stereocenters. The molecule has 0 spiro atoms. The monoisotopic (exact) mass is 552 g/mol. The Hall–Kier alpha value is -2.42. The van der Waals surface area contributed by atoms with Gasteiger partial charge in [-0.05, 0) is 25.0 Å². The average molecular weight is 552 g/mol. The summed E-state index contributed by atoms with van der Waals surface area (Å²) in [6, 6.07) is 7.65. The molecule has 0 unspecified atom stereocenters. The lowest BCUT2D eigenvalue weighted by atomic mass is 10.2. The maximum absolute atomic E-state index is 9.75. The first-order valence-electron chi connectivity index (χ1n) is 9.01. The van der Waals surface area contributed by atoms with E-state index in [0.717, 1.165) is 25.9 Å². The first-order valence-corrected chi connectivity index (χ1v) is 9.01. The van der Waals surface area contributed by atoms with Crippen molar-refractivity contribution in [1.82, 2.24) is 0 Å². The highest BCUT2D eigenvalue weighted by molar-refractivity contribution is 6.50. The molecule has 0 heterocycles. The van der Waals surface area contributed by atoms with Crippen LogP contribution in [0.3, 0.4) is 0 Å². The highest BCUT2D eigenvalue weighted by Crippen LogP contribution is 2.20. The van der Waals surface area contributed by atoms with Crippen LogP contribution in [0.15, 0.2) is 24.3 Å². The minimum Gasteiger partial charge on any atom is -0.418 e. The molecule has 0 N–H and O–H groups in total. The van der Waals surface area contributed by atoms with Crippen LogP contribution in [-0.4, -0.2) is 42.1 Å². The van der Waals surface area contributed by atoms with Crippen molar-refractivity contribution in [3.05, 3.63) is 29.2 Å². The lowest BCUT2D eigenvalue weighted by Gasteiger charge is -2.23. The molecule has 0 aliphatic carbocycles. The van der Waals surface area contributed by atoms with Crippen LogP contribution in [0.25, 0.3) is 4.98 Å². The molecular weight excluding hydrogens is 533 g/mol. The molecule has 35 heavy (non-hydrogen) atoms. The molecule has 0 radical (unpaired) electrons. The summed E-state index contributed by atoms with van der Waals surface area (Å²) in [5.74, 6) is 0. The highest BCUT2D eigenvalue weighted by atomic mass is 19.5. The van der Waals surface area contributed by atoms with Crippen molar-refractivity contribution in [2.45, 2.75) is 26.7 Å². The number of hydrogen-bond acceptors (Lipinski definition) is 2. The normalized spacial score (nSPS) is 11.0. The molecule has 0 aromatic heterocycles. The third-order valence-corrected chi connectivity index (χ3v) is 2.32. The van der Waals surface area contributed by atoms with Crippen LogP contribution in [0.2, 0.25) is 0 Å². The summed E-state index contributed by atoms with van der Waals surface area (Å²) in [6.07, 6.45) is 2.29. The lowest BCUT2D eigenvalue weighted by molar-refractivity contribution is 0.366. The van der Waals surface area contributed by atoms with Gasteiger partial charge in [-0.15, -0.1) is 0 Å². The molecule has 1 aromatic rings. The van der Waals surface area contributed by atoms with Gasteiger partial charge in [0, 0.05) is 30.9 Å². The number of rotatable bonds is 5. The highest BCUT2D eigenvalue weighted by Gasteiger charge is 2.22. The number of hydrogen-bond donors (Lipinski definition) is 0. The summed E-state index contributed by atoms with van der Waals surface area (Å²) < 4.78 is 156. The molecule has 0 saturated heterocycles. The summed E-state index contributed by atoms with van der Waals surface area (Å²) >= 11 is 0. The van der Waals surface area contributed by atoms with Crippen molar-refractivity contribution in [2.24, 2.45) is 0 Å². The van der Waals surface area contributed by atoms with Crippen molar-refractivity contribution < 1.29 is 69.1 Å². The maximum atomic E-state index is 9.75. The lowest BCUT2D eigenvalue weighted by Crippen LogP contribution is -2.24. The van der Waals surface area contributed by atoms with Gasteiger partial charge in [0.2, 0.25) is 5.39 Å². The Morgan fingerprint density at radius 2 is 0.800 bits per heavy atom. The fraction of sp³-hybridized carbons (Fsp3) is 0.500. The van der Waals surface area contributed by atoms with Gasteiger partial charge in [0.1, 0.15) is 0 Å². The van der Waals surface area contributed by atoms with E-state index in [2.05, 4.69) is 23.7 Å². The van der Waals surface area contributed by atoms with Gasteiger partial charge in [-0.25, -0.2) is 0 Å². The second-order valence-corrected chi connectivity index (χ2v) is 5.58. The van der Waals surface area contributed by atoms with E-state index in [1.54, 1.807) is 0 Å². The first kappa shape index (κ1) is 39.8. The van der Waals surface area contributed by atoms with E-state index in [1.165, 1.54) is 5.69 Å². The van der Waals surface area contributed by atoms with Gasteiger partial charge in [0.15, 0.2) is 4.98 Å². The predicted octanol–water partition coefficient (Wildman–Crippen LogP) is 9.00. The van der Waals surface area contributed by atoms with Crippen LogP contribution in [-0.2, 0) is 0 Å². The summed E-state index contributed by atoms with van der Waals surface area (Å²) in [6.45, 7) is 6.51. The van der Waals surface area contributed by atoms with Gasteiger partial charge in [-0.2, -0.15) is 0 Å². The molecule has 0 aliphatic heterocycles. The van der Waals surface area contributed by atoms with Crippen LogP contribution < -0.4 is 4.90 Å². The molecule has 0 fully saturated rings. The number of diazo groups is 1. The Bertz CT molecular complexity index is 591. The van der Waals surface area contributed by atoms with Gasteiger partial charge in [0.25, 0.3) is 0 Å².